The van der Waals surface area contributed by atoms with Gasteiger partial charge in [-0.1, -0.05) is 18.2 Å². The van der Waals surface area contributed by atoms with Crippen molar-refractivity contribution >= 4 is 38.1 Å². The van der Waals surface area contributed by atoms with Crippen LogP contribution in [0.1, 0.15) is 34.1 Å². The molecule has 0 spiro atoms. The number of fused-ring (bicyclic) bond motifs is 1. The molecule has 1 fully saturated rings. The maximum Gasteiger partial charge on any atom is 0.252 e. The number of carbonyl (C=O) groups excluding carboxylic acids is 1. The molecule has 3 aromatic heterocycles. The summed E-state index contributed by atoms with van der Waals surface area (Å²) >= 11 is 1.53. The van der Waals surface area contributed by atoms with Gasteiger partial charge in [0.2, 0.25) is 0 Å². The summed E-state index contributed by atoms with van der Waals surface area (Å²) in [5.74, 6) is 0.651. The summed E-state index contributed by atoms with van der Waals surface area (Å²) in [5, 5.41) is 10.2. The van der Waals surface area contributed by atoms with Crippen LogP contribution in [0.25, 0.3) is 21.6 Å². The maximum atomic E-state index is 13.4. The molecule has 1 aromatic carbocycles. The van der Waals surface area contributed by atoms with Crippen LogP contribution in [0, 0.1) is 6.92 Å². The molecule has 176 valence electrons. The number of hydrogen-bond donors (Lipinski definition) is 1. The minimum Gasteiger partial charge on any atom is -0.497 e. The quantitative estimate of drug-likeness (QED) is 0.436. The van der Waals surface area contributed by atoms with Crippen molar-refractivity contribution in [2.45, 2.75) is 25.9 Å². The monoisotopic (exact) mass is 496 g/mol. The van der Waals surface area contributed by atoms with Crippen molar-refractivity contribution in [2.24, 2.45) is 0 Å². The number of methoxy groups -OCH3 is 1. The molecule has 1 aliphatic heterocycles. The Balaban J connectivity index is 1.56. The fourth-order valence-electron chi connectivity index (χ4n) is 4.33. The zero-order valence-electron chi connectivity index (χ0n) is 18.8. The van der Waals surface area contributed by atoms with Crippen molar-refractivity contribution in [3.8, 4) is 16.3 Å². The van der Waals surface area contributed by atoms with Gasteiger partial charge in [0.25, 0.3) is 5.91 Å². The number of nitrogens with one attached hydrogen (secondary N) is 1. The van der Waals surface area contributed by atoms with Crippen LogP contribution in [0.4, 0.5) is 0 Å². The third-order valence-electron chi connectivity index (χ3n) is 6.00. The van der Waals surface area contributed by atoms with Gasteiger partial charge in [0, 0.05) is 6.54 Å². The molecule has 0 saturated carbocycles. The normalized spacial score (nSPS) is 17.2. The molecular formula is C24H24N4O4S2. The summed E-state index contributed by atoms with van der Waals surface area (Å²) in [6.45, 7) is 2.16. The number of sulfone groups is 1. The second-order valence-electron chi connectivity index (χ2n) is 8.35. The first kappa shape index (κ1) is 22.5. The summed E-state index contributed by atoms with van der Waals surface area (Å²) < 4.78 is 31.2. The molecule has 34 heavy (non-hydrogen) atoms. The van der Waals surface area contributed by atoms with Gasteiger partial charge in [0.1, 0.15) is 5.75 Å². The number of hydrogen-bond acceptors (Lipinski definition) is 7. The summed E-state index contributed by atoms with van der Waals surface area (Å²) in [6.07, 6.45) is 0.487. The van der Waals surface area contributed by atoms with Crippen LogP contribution in [0.3, 0.4) is 0 Å². The van der Waals surface area contributed by atoms with E-state index in [1.54, 1.807) is 17.9 Å². The number of rotatable bonds is 6. The summed E-state index contributed by atoms with van der Waals surface area (Å²) in [6, 6.07) is 12.9. The topological polar surface area (TPSA) is 103 Å². The zero-order valence-corrected chi connectivity index (χ0v) is 20.4. The molecule has 4 heterocycles. The number of pyridine rings is 1. The Labute approximate surface area is 201 Å². The van der Waals surface area contributed by atoms with E-state index in [2.05, 4.69) is 10.4 Å². The van der Waals surface area contributed by atoms with Gasteiger partial charge in [-0.25, -0.2) is 18.1 Å². The lowest BCUT2D eigenvalue weighted by Crippen LogP contribution is -2.23. The van der Waals surface area contributed by atoms with Gasteiger partial charge >= 0.3 is 0 Å². The van der Waals surface area contributed by atoms with E-state index in [1.807, 2.05) is 48.7 Å². The summed E-state index contributed by atoms with van der Waals surface area (Å²) in [5.41, 5.74) is 3.24. The zero-order chi connectivity index (χ0) is 23.9. The van der Waals surface area contributed by atoms with E-state index >= 15 is 0 Å². The van der Waals surface area contributed by atoms with E-state index in [0.29, 0.717) is 41.0 Å². The molecule has 4 aromatic rings. The van der Waals surface area contributed by atoms with Gasteiger partial charge < -0.3 is 10.1 Å². The lowest BCUT2D eigenvalue weighted by Gasteiger charge is -2.12. The number of aromatic nitrogens is 3. The molecule has 5 rings (SSSR count). The van der Waals surface area contributed by atoms with Crippen molar-refractivity contribution in [1.82, 2.24) is 20.1 Å². The number of aryl methyl sites for hydroxylation is 1. The Bertz CT molecular complexity index is 1480. The van der Waals surface area contributed by atoms with Crippen molar-refractivity contribution in [3.05, 3.63) is 64.7 Å². The van der Waals surface area contributed by atoms with Crippen molar-refractivity contribution in [3.63, 3.8) is 0 Å². The van der Waals surface area contributed by atoms with Gasteiger partial charge in [0.05, 0.1) is 51.9 Å². The molecule has 8 nitrogen and oxygen atoms in total. The van der Waals surface area contributed by atoms with Crippen LogP contribution in [0.2, 0.25) is 0 Å². The van der Waals surface area contributed by atoms with E-state index in [9.17, 15) is 13.2 Å². The lowest BCUT2D eigenvalue weighted by atomic mass is 10.1. The minimum atomic E-state index is -3.10. The maximum absolute atomic E-state index is 13.4. The molecule has 0 unspecified atom stereocenters. The van der Waals surface area contributed by atoms with Crippen molar-refractivity contribution in [1.29, 1.82) is 0 Å². The fourth-order valence-corrected chi connectivity index (χ4v) is 6.70. The number of carbonyl (C=O) groups is 1. The number of thiophene rings is 1. The molecule has 1 aliphatic rings. The highest BCUT2D eigenvalue weighted by molar-refractivity contribution is 7.91. The van der Waals surface area contributed by atoms with E-state index in [4.69, 9.17) is 9.72 Å². The standard InChI is InChI=1S/C24H24N4O4S2/c1-15-22-19(24(29)25-13-16-5-3-6-18(11-16)32-2)12-20(21-7-4-9-33-21)26-23(22)28(27-15)17-8-10-34(30,31)14-17/h3-7,9,11-12,17H,8,10,13-14H2,1-2H3,(H,25,29)/t17-/m0/s1. The third kappa shape index (κ3) is 4.30. The van der Waals surface area contributed by atoms with Crippen LogP contribution in [-0.4, -0.2) is 47.7 Å². The minimum absolute atomic E-state index is 0.0332. The molecule has 10 heteroatoms. The van der Waals surface area contributed by atoms with Crippen LogP contribution >= 0.6 is 11.3 Å². The highest BCUT2D eigenvalue weighted by atomic mass is 32.2. The molecule has 0 radical (unpaired) electrons. The Morgan fingerprint density at radius 2 is 2.12 bits per heavy atom. The van der Waals surface area contributed by atoms with Gasteiger partial charge in [-0.3, -0.25) is 4.79 Å². The predicted molar refractivity (Wildman–Crippen MR) is 132 cm³/mol. The average molecular weight is 497 g/mol. The largest absolute Gasteiger partial charge is 0.497 e. The SMILES string of the molecule is COc1cccc(CNC(=O)c2cc(-c3cccs3)nc3c2c(C)nn3[C@H]2CCS(=O)(=O)C2)c1. The number of amides is 1. The second kappa shape index (κ2) is 8.84. The molecular weight excluding hydrogens is 472 g/mol. The van der Waals surface area contributed by atoms with Crippen molar-refractivity contribution in [2.75, 3.05) is 18.6 Å². The van der Waals surface area contributed by atoms with Crippen LogP contribution in [-0.2, 0) is 16.4 Å². The van der Waals surface area contributed by atoms with E-state index in [0.717, 1.165) is 16.2 Å². The molecule has 0 bridgehead atoms. The third-order valence-corrected chi connectivity index (χ3v) is 8.64. The first-order chi connectivity index (χ1) is 16.3. The Hall–Kier alpha value is -3.24. The van der Waals surface area contributed by atoms with Gasteiger partial charge in [0.15, 0.2) is 15.5 Å². The fraction of sp³-hybridized carbons (Fsp3) is 0.292. The lowest BCUT2D eigenvalue weighted by molar-refractivity contribution is 0.0952. The smallest absolute Gasteiger partial charge is 0.252 e. The molecule has 1 saturated heterocycles. The summed E-state index contributed by atoms with van der Waals surface area (Å²) in [4.78, 5) is 19.2. The molecule has 1 N–H and O–H groups in total. The average Bonchev–Trinajstić information content (AvgIpc) is 3.56. The predicted octanol–water partition coefficient (Wildman–Crippen LogP) is 3.77. The number of nitrogens with zero attached hydrogens (tertiary/aromatic N) is 3. The van der Waals surface area contributed by atoms with Gasteiger partial charge in [-0.2, -0.15) is 5.10 Å². The van der Waals surface area contributed by atoms with E-state index < -0.39 is 9.84 Å². The molecule has 1 atom stereocenters. The van der Waals surface area contributed by atoms with Crippen LogP contribution < -0.4 is 10.1 Å². The van der Waals surface area contributed by atoms with E-state index in [-0.39, 0.29) is 23.5 Å². The number of benzene rings is 1. The first-order valence-electron chi connectivity index (χ1n) is 10.9. The molecule has 1 amide bonds. The van der Waals surface area contributed by atoms with E-state index in [1.165, 1.54) is 11.3 Å². The Morgan fingerprint density at radius 1 is 1.26 bits per heavy atom. The van der Waals surface area contributed by atoms with Gasteiger partial charge in [-0.05, 0) is 48.6 Å². The molecule has 0 aliphatic carbocycles. The highest BCUT2D eigenvalue weighted by Crippen LogP contribution is 2.33. The van der Waals surface area contributed by atoms with Crippen LogP contribution in [0.5, 0.6) is 5.75 Å². The highest BCUT2D eigenvalue weighted by Gasteiger charge is 2.32. The second-order valence-corrected chi connectivity index (χ2v) is 11.5. The first-order valence-corrected chi connectivity index (χ1v) is 13.6. The Kier molecular flexibility index (Phi) is 5.86. The summed E-state index contributed by atoms with van der Waals surface area (Å²) in [7, 11) is -1.50. The Morgan fingerprint density at radius 3 is 2.82 bits per heavy atom. The number of ether oxygens (including phenoxy) is 1. The van der Waals surface area contributed by atoms with Crippen LogP contribution in [0.15, 0.2) is 47.8 Å². The van der Waals surface area contributed by atoms with Crippen molar-refractivity contribution < 1.29 is 17.9 Å². The van der Waals surface area contributed by atoms with Gasteiger partial charge in [-0.15, -0.1) is 11.3 Å².